The largest absolute Gasteiger partial charge is 0.416 e. The first-order chi connectivity index (χ1) is 8.79. The number of benzene rings is 1. The minimum absolute atomic E-state index is 0.0439. The van der Waals surface area contributed by atoms with Gasteiger partial charge in [-0.05, 0) is 30.5 Å². The summed E-state index contributed by atoms with van der Waals surface area (Å²) in [6.07, 6.45) is -3.16. The molecule has 19 heavy (non-hydrogen) atoms. The summed E-state index contributed by atoms with van der Waals surface area (Å²) in [6.45, 7) is 3.90. The van der Waals surface area contributed by atoms with Gasteiger partial charge >= 0.3 is 6.18 Å². The Morgan fingerprint density at radius 1 is 1.32 bits per heavy atom. The second-order valence-corrected chi connectivity index (χ2v) is 4.70. The smallest absolute Gasteiger partial charge is 0.271 e. The van der Waals surface area contributed by atoms with Crippen LogP contribution in [0.25, 0.3) is 0 Å². The van der Waals surface area contributed by atoms with Gasteiger partial charge in [-0.3, -0.25) is 11.3 Å². The summed E-state index contributed by atoms with van der Waals surface area (Å²) in [5.41, 5.74) is 1.48. The van der Waals surface area contributed by atoms with E-state index in [9.17, 15) is 17.6 Å². The maximum absolute atomic E-state index is 13.7. The summed E-state index contributed by atoms with van der Waals surface area (Å²) in [6, 6.07) is 1.76. The number of hydrogen-bond donors (Lipinski definition) is 2. The van der Waals surface area contributed by atoms with Crippen molar-refractivity contribution < 1.29 is 17.6 Å². The third-order valence-corrected chi connectivity index (χ3v) is 3.23. The second kappa shape index (κ2) is 6.34. The Labute approximate surface area is 110 Å². The molecule has 0 heterocycles. The molecule has 2 unspecified atom stereocenters. The van der Waals surface area contributed by atoms with Crippen LogP contribution in [0.2, 0.25) is 0 Å². The van der Waals surface area contributed by atoms with Crippen molar-refractivity contribution in [2.24, 2.45) is 11.8 Å². The number of nitrogens with one attached hydrogen (secondary N) is 1. The van der Waals surface area contributed by atoms with Gasteiger partial charge in [0.2, 0.25) is 0 Å². The Kier molecular flexibility index (Phi) is 5.31. The first-order valence-electron chi connectivity index (χ1n) is 6.12. The van der Waals surface area contributed by atoms with Crippen molar-refractivity contribution in [2.45, 2.75) is 38.9 Å². The number of nitrogens with two attached hydrogens (primary N) is 1. The van der Waals surface area contributed by atoms with Gasteiger partial charge in [-0.15, -0.1) is 0 Å². The predicted molar refractivity (Wildman–Crippen MR) is 65.5 cm³/mol. The first-order valence-corrected chi connectivity index (χ1v) is 6.12. The molecule has 0 aliphatic carbocycles. The molecule has 1 rings (SSSR count). The topological polar surface area (TPSA) is 38.0 Å². The molecule has 2 nitrogen and oxygen atoms in total. The molecule has 1 aromatic carbocycles. The van der Waals surface area contributed by atoms with Crippen molar-refractivity contribution >= 4 is 0 Å². The number of halogens is 4. The number of hydrogen-bond acceptors (Lipinski definition) is 2. The summed E-state index contributed by atoms with van der Waals surface area (Å²) in [5.74, 6) is 4.89. The van der Waals surface area contributed by atoms with Crippen LogP contribution in [0.15, 0.2) is 18.2 Å². The average Bonchev–Trinajstić information content (AvgIpc) is 2.35. The third kappa shape index (κ3) is 4.18. The van der Waals surface area contributed by atoms with Gasteiger partial charge in [-0.25, -0.2) is 4.39 Å². The van der Waals surface area contributed by atoms with Crippen molar-refractivity contribution in [3.05, 3.63) is 35.1 Å². The molecule has 0 aliphatic rings. The van der Waals surface area contributed by atoms with Gasteiger partial charge in [0, 0.05) is 11.6 Å². The highest BCUT2D eigenvalue weighted by molar-refractivity contribution is 5.29. The lowest BCUT2D eigenvalue weighted by Gasteiger charge is -2.21. The van der Waals surface area contributed by atoms with Crippen LogP contribution in [0, 0.1) is 11.7 Å². The Morgan fingerprint density at radius 2 is 1.95 bits per heavy atom. The van der Waals surface area contributed by atoms with Crippen LogP contribution in [0.3, 0.4) is 0 Å². The molecule has 3 N–H and O–H groups in total. The molecule has 0 spiro atoms. The maximum atomic E-state index is 13.7. The highest BCUT2D eigenvalue weighted by Gasteiger charge is 2.32. The van der Waals surface area contributed by atoms with Crippen LogP contribution in [0.1, 0.15) is 43.9 Å². The van der Waals surface area contributed by atoms with Gasteiger partial charge < -0.3 is 0 Å². The third-order valence-electron chi connectivity index (χ3n) is 3.23. The lowest BCUT2D eigenvalue weighted by molar-refractivity contribution is -0.137. The van der Waals surface area contributed by atoms with Crippen molar-refractivity contribution in [1.29, 1.82) is 0 Å². The van der Waals surface area contributed by atoms with E-state index in [-0.39, 0.29) is 11.5 Å². The molecular formula is C13H18F4N2. The van der Waals surface area contributed by atoms with E-state index < -0.39 is 23.6 Å². The van der Waals surface area contributed by atoms with Crippen LogP contribution < -0.4 is 11.3 Å². The molecule has 0 bridgehead atoms. The fraction of sp³-hybridized carbons (Fsp3) is 0.538. The zero-order valence-electron chi connectivity index (χ0n) is 10.9. The number of alkyl halides is 3. The van der Waals surface area contributed by atoms with Crippen molar-refractivity contribution in [3.63, 3.8) is 0 Å². The van der Waals surface area contributed by atoms with E-state index in [2.05, 4.69) is 5.43 Å². The number of hydrazine groups is 1. The highest BCUT2D eigenvalue weighted by atomic mass is 19.4. The van der Waals surface area contributed by atoms with Gasteiger partial charge in [-0.2, -0.15) is 13.2 Å². The van der Waals surface area contributed by atoms with Crippen LogP contribution in [-0.2, 0) is 6.18 Å². The fourth-order valence-electron chi connectivity index (χ4n) is 1.84. The SMILES string of the molecule is CCC(C)CC(NN)c1cc(C(F)(F)F)ccc1F. The maximum Gasteiger partial charge on any atom is 0.416 e. The Hall–Kier alpha value is -1.14. The Balaban J connectivity index is 3.09. The van der Waals surface area contributed by atoms with Crippen molar-refractivity contribution in [3.8, 4) is 0 Å². The van der Waals surface area contributed by atoms with E-state index in [0.29, 0.717) is 6.42 Å². The van der Waals surface area contributed by atoms with Gasteiger partial charge in [0.25, 0.3) is 0 Å². The highest BCUT2D eigenvalue weighted by Crippen LogP contribution is 2.33. The van der Waals surface area contributed by atoms with E-state index in [1.54, 1.807) is 0 Å². The van der Waals surface area contributed by atoms with E-state index in [1.165, 1.54) is 0 Å². The molecule has 0 amide bonds. The molecular weight excluding hydrogens is 260 g/mol. The molecule has 6 heteroatoms. The van der Waals surface area contributed by atoms with E-state index >= 15 is 0 Å². The lowest BCUT2D eigenvalue weighted by atomic mass is 9.93. The Morgan fingerprint density at radius 3 is 2.42 bits per heavy atom. The van der Waals surface area contributed by atoms with Gasteiger partial charge in [0.15, 0.2) is 0 Å². The summed E-state index contributed by atoms with van der Waals surface area (Å²) >= 11 is 0. The molecule has 0 radical (unpaired) electrons. The predicted octanol–water partition coefficient (Wildman–Crippen LogP) is 3.79. The Bertz CT molecular complexity index is 418. The summed E-state index contributed by atoms with van der Waals surface area (Å²) in [4.78, 5) is 0. The quantitative estimate of drug-likeness (QED) is 0.488. The molecule has 2 atom stereocenters. The summed E-state index contributed by atoms with van der Waals surface area (Å²) < 4.78 is 51.6. The first kappa shape index (κ1) is 15.9. The summed E-state index contributed by atoms with van der Waals surface area (Å²) in [7, 11) is 0. The zero-order valence-corrected chi connectivity index (χ0v) is 10.9. The fourth-order valence-corrected chi connectivity index (χ4v) is 1.84. The normalized spacial score (nSPS) is 15.3. The lowest BCUT2D eigenvalue weighted by Crippen LogP contribution is -2.30. The monoisotopic (exact) mass is 278 g/mol. The van der Waals surface area contributed by atoms with Crippen molar-refractivity contribution in [2.75, 3.05) is 0 Å². The number of rotatable bonds is 5. The molecule has 108 valence electrons. The summed E-state index contributed by atoms with van der Waals surface area (Å²) in [5, 5.41) is 0. The minimum Gasteiger partial charge on any atom is -0.271 e. The van der Waals surface area contributed by atoms with Crippen molar-refractivity contribution in [1.82, 2.24) is 5.43 Å². The average molecular weight is 278 g/mol. The second-order valence-electron chi connectivity index (χ2n) is 4.70. The van der Waals surface area contributed by atoms with Crippen LogP contribution in [0.4, 0.5) is 17.6 Å². The molecule has 0 aliphatic heterocycles. The van der Waals surface area contributed by atoms with Crippen LogP contribution in [0.5, 0.6) is 0 Å². The molecule has 1 aromatic rings. The molecule has 0 saturated heterocycles. The van der Waals surface area contributed by atoms with Crippen LogP contribution >= 0.6 is 0 Å². The van der Waals surface area contributed by atoms with E-state index in [1.807, 2.05) is 13.8 Å². The minimum atomic E-state index is -4.49. The zero-order chi connectivity index (χ0) is 14.6. The van der Waals surface area contributed by atoms with Crippen LogP contribution in [-0.4, -0.2) is 0 Å². The molecule has 0 fully saturated rings. The van der Waals surface area contributed by atoms with E-state index in [0.717, 1.165) is 24.6 Å². The van der Waals surface area contributed by atoms with Gasteiger partial charge in [-0.1, -0.05) is 20.3 Å². The van der Waals surface area contributed by atoms with Gasteiger partial charge in [0.05, 0.1) is 5.56 Å². The molecule has 0 saturated carbocycles. The molecule has 0 aromatic heterocycles. The van der Waals surface area contributed by atoms with Gasteiger partial charge in [0.1, 0.15) is 5.82 Å². The standard InChI is InChI=1S/C13H18F4N2/c1-3-8(2)6-12(19-18)10-7-9(13(15,16)17)4-5-11(10)14/h4-5,7-8,12,19H,3,6,18H2,1-2H3. The van der Waals surface area contributed by atoms with E-state index in [4.69, 9.17) is 5.84 Å².